The molecule has 0 aliphatic carbocycles. The van der Waals surface area contributed by atoms with E-state index in [0.717, 1.165) is 13.0 Å². The fraction of sp³-hybridized carbons (Fsp3) is 0.611. The van der Waals surface area contributed by atoms with E-state index in [1.54, 1.807) is 20.8 Å². The lowest BCUT2D eigenvalue weighted by molar-refractivity contribution is -0.122. The number of carbonyl (C=O) groups excluding carboxylic acids is 3. The number of aromatic nitrogens is 1. The van der Waals surface area contributed by atoms with Crippen LogP contribution in [0.4, 0.5) is 0 Å². The van der Waals surface area contributed by atoms with Gasteiger partial charge in [0.05, 0.1) is 11.3 Å². The zero-order chi connectivity index (χ0) is 18.6. The number of rotatable bonds is 7. The second-order valence-corrected chi connectivity index (χ2v) is 6.83. The zero-order valence-corrected chi connectivity index (χ0v) is 15.4. The molecular formula is C18H28N4O3. The number of nitrogens with zero attached hydrogens (tertiary/aromatic N) is 1. The second kappa shape index (κ2) is 8.29. The fourth-order valence-corrected chi connectivity index (χ4v) is 3.43. The highest BCUT2D eigenvalue weighted by Gasteiger charge is 2.23. The Kier molecular flexibility index (Phi) is 6.36. The Labute approximate surface area is 148 Å². The van der Waals surface area contributed by atoms with Crippen LogP contribution >= 0.6 is 0 Å². The molecule has 1 aromatic rings. The third-order valence-electron chi connectivity index (χ3n) is 5.01. The molecule has 0 aromatic carbocycles. The van der Waals surface area contributed by atoms with Crippen molar-refractivity contribution in [3.8, 4) is 0 Å². The van der Waals surface area contributed by atoms with Gasteiger partial charge in [0, 0.05) is 18.3 Å². The summed E-state index contributed by atoms with van der Waals surface area (Å²) in [5, 5.41) is 5.59. The number of amides is 2. The lowest BCUT2D eigenvalue weighted by Crippen LogP contribution is -2.45. The molecule has 138 valence electrons. The van der Waals surface area contributed by atoms with Gasteiger partial charge in [-0.15, -0.1) is 0 Å². The average molecular weight is 348 g/mol. The first kappa shape index (κ1) is 19.2. The van der Waals surface area contributed by atoms with Crippen molar-refractivity contribution in [2.45, 2.75) is 52.1 Å². The lowest BCUT2D eigenvalue weighted by atomic mass is 10.1. The summed E-state index contributed by atoms with van der Waals surface area (Å²) in [6.45, 7) is 6.82. The maximum absolute atomic E-state index is 12.4. The number of carbonyl (C=O) groups is 3. The van der Waals surface area contributed by atoms with Gasteiger partial charge in [-0.05, 0) is 59.2 Å². The number of H-pyrrole nitrogens is 1. The molecule has 1 fully saturated rings. The number of likely N-dealkylation sites (tertiary alicyclic amines) is 1. The molecule has 1 aromatic heterocycles. The number of aldehydes is 1. The molecule has 1 saturated heterocycles. The topological polar surface area (TPSA) is 94.3 Å². The number of aryl methyl sites for hydroxylation is 1. The van der Waals surface area contributed by atoms with Gasteiger partial charge < -0.3 is 20.5 Å². The Morgan fingerprint density at radius 1 is 1.40 bits per heavy atom. The van der Waals surface area contributed by atoms with Gasteiger partial charge in [0.1, 0.15) is 6.04 Å². The lowest BCUT2D eigenvalue weighted by Gasteiger charge is -2.20. The molecule has 0 bridgehead atoms. The summed E-state index contributed by atoms with van der Waals surface area (Å²) in [5.74, 6) is -0.548. The maximum Gasteiger partial charge on any atom is 0.254 e. The SMILES string of the molecule is Cc1[nH]c(C=O)c(C)c1C(=O)NC(C)C(=O)NCCC1CCCN1C. The van der Waals surface area contributed by atoms with E-state index in [1.807, 2.05) is 0 Å². The molecule has 2 atom stereocenters. The van der Waals surface area contributed by atoms with Gasteiger partial charge in [0.25, 0.3) is 5.91 Å². The van der Waals surface area contributed by atoms with E-state index in [2.05, 4.69) is 27.6 Å². The van der Waals surface area contributed by atoms with Crippen molar-refractivity contribution in [3.05, 3.63) is 22.5 Å². The van der Waals surface area contributed by atoms with E-state index in [-0.39, 0.29) is 11.8 Å². The molecule has 7 nitrogen and oxygen atoms in total. The van der Waals surface area contributed by atoms with Crippen molar-refractivity contribution in [1.29, 1.82) is 0 Å². The third kappa shape index (κ3) is 4.48. The summed E-state index contributed by atoms with van der Waals surface area (Å²) in [5.41, 5.74) is 2.03. The molecule has 1 aliphatic rings. The molecule has 7 heteroatoms. The van der Waals surface area contributed by atoms with E-state index in [4.69, 9.17) is 0 Å². The predicted octanol–water partition coefficient (Wildman–Crippen LogP) is 1.16. The number of aromatic amines is 1. The predicted molar refractivity (Wildman–Crippen MR) is 95.9 cm³/mol. The van der Waals surface area contributed by atoms with Crippen LogP contribution in [0.5, 0.6) is 0 Å². The number of hydrogen-bond acceptors (Lipinski definition) is 4. The maximum atomic E-state index is 12.4. The Hall–Kier alpha value is -2.15. The molecule has 2 heterocycles. The number of hydrogen-bond donors (Lipinski definition) is 3. The van der Waals surface area contributed by atoms with Crippen LogP contribution < -0.4 is 10.6 Å². The van der Waals surface area contributed by atoms with Gasteiger partial charge in [0.15, 0.2) is 6.29 Å². The van der Waals surface area contributed by atoms with Crippen LogP contribution in [0.15, 0.2) is 0 Å². The van der Waals surface area contributed by atoms with Crippen molar-refractivity contribution >= 4 is 18.1 Å². The van der Waals surface area contributed by atoms with Gasteiger partial charge in [-0.2, -0.15) is 0 Å². The van der Waals surface area contributed by atoms with Crippen LogP contribution in [-0.2, 0) is 4.79 Å². The average Bonchev–Trinajstić information content (AvgIpc) is 3.09. The molecule has 1 aliphatic heterocycles. The van der Waals surface area contributed by atoms with E-state index in [9.17, 15) is 14.4 Å². The molecular weight excluding hydrogens is 320 g/mol. The minimum Gasteiger partial charge on any atom is -0.356 e. The van der Waals surface area contributed by atoms with Crippen LogP contribution in [0.25, 0.3) is 0 Å². The Morgan fingerprint density at radius 2 is 2.12 bits per heavy atom. The molecule has 3 N–H and O–H groups in total. The molecule has 2 amide bonds. The Morgan fingerprint density at radius 3 is 2.68 bits per heavy atom. The highest BCUT2D eigenvalue weighted by Crippen LogP contribution is 2.17. The van der Waals surface area contributed by atoms with E-state index in [1.165, 1.54) is 12.8 Å². The van der Waals surface area contributed by atoms with Crippen molar-refractivity contribution in [3.63, 3.8) is 0 Å². The second-order valence-electron chi connectivity index (χ2n) is 6.83. The van der Waals surface area contributed by atoms with Gasteiger partial charge >= 0.3 is 0 Å². The van der Waals surface area contributed by atoms with Gasteiger partial charge in [-0.3, -0.25) is 14.4 Å². The Bertz CT molecular complexity index is 653. The fourth-order valence-electron chi connectivity index (χ4n) is 3.43. The molecule has 0 radical (unpaired) electrons. The minimum absolute atomic E-state index is 0.199. The molecule has 25 heavy (non-hydrogen) atoms. The molecule has 2 rings (SSSR count). The summed E-state index contributed by atoms with van der Waals surface area (Å²) in [6, 6.07) is -0.112. The standard InChI is InChI=1S/C18H28N4O3/c1-11-15(10-23)20-12(2)16(11)18(25)21-13(3)17(24)19-8-7-14-6-5-9-22(14)4/h10,13-14,20H,5-9H2,1-4H3,(H,19,24)(H,21,25). The summed E-state index contributed by atoms with van der Waals surface area (Å²) in [7, 11) is 2.11. The number of nitrogens with one attached hydrogen (secondary N) is 3. The smallest absolute Gasteiger partial charge is 0.254 e. The van der Waals surface area contributed by atoms with Crippen LogP contribution in [-0.4, -0.2) is 60.2 Å². The van der Waals surface area contributed by atoms with Crippen LogP contribution in [0.1, 0.15) is 58.3 Å². The zero-order valence-electron chi connectivity index (χ0n) is 15.4. The largest absolute Gasteiger partial charge is 0.356 e. The van der Waals surface area contributed by atoms with Gasteiger partial charge in [-0.25, -0.2) is 0 Å². The van der Waals surface area contributed by atoms with Crippen LogP contribution in [0.2, 0.25) is 0 Å². The first-order chi connectivity index (χ1) is 11.8. The van der Waals surface area contributed by atoms with Crippen molar-refractivity contribution in [1.82, 2.24) is 20.5 Å². The third-order valence-corrected chi connectivity index (χ3v) is 5.01. The van der Waals surface area contributed by atoms with E-state index < -0.39 is 6.04 Å². The van der Waals surface area contributed by atoms with Crippen LogP contribution in [0.3, 0.4) is 0 Å². The summed E-state index contributed by atoms with van der Waals surface area (Å²) in [6.07, 6.45) is 3.99. The monoisotopic (exact) mass is 348 g/mol. The summed E-state index contributed by atoms with van der Waals surface area (Å²) < 4.78 is 0. The first-order valence-corrected chi connectivity index (χ1v) is 8.78. The summed E-state index contributed by atoms with van der Waals surface area (Å²) in [4.78, 5) is 40.8. The molecule has 0 saturated carbocycles. The normalized spacial score (nSPS) is 18.8. The summed E-state index contributed by atoms with van der Waals surface area (Å²) >= 11 is 0. The Balaban J connectivity index is 1.85. The first-order valence-electron chi connectivity index (χ1n) is 8.78. The van der Waals surface area contributed by atoms with E-state index >= 15 is 0 Å². The molecule has 0 spiro atoms. The van der Waals surface area contributed by atoms with E-state index in [0.29, 0.717) is 41.4 Å². The van der Waals surface area contributed by atoms with Crippen molar-refractivity contribution < 1.29 is 14.4 Å². The molecule has 2 unspecified atom stereocenters. The minimum atomic E-state index is -0.637. The van der Waals surface area contributed by atoms with Crippen LogP contribution in [0, 0.1) is 13.8 Å². The quantitative estimate of drug-likeness (QED) is 0.645. The van der Waals surface area contributed by atoms with Gasteiger partial charge in [0.2, 0.25) is 5.91 Å². The van der Waals surface area contributed by atoms with Gasteiger partial charge in [-0.1, -0.05) is 0 Å². The van der Waals surface area contributed by atoms with Crippen molar-refractivity contribution in [2.24, 2.45) is 0 Å². The highest BCUT2D eigenvalue weighted by molar-refractivity contribution is 6.01. The highest BCUT2D eigenvalue weighted by atomic mass is 16.2. The van der Waals surface area contributed by atoms with Crippen molar-refractivity contribution in [2.75, 3.05) is 20.1 Å².